The number of ether oxygens (including phenoxy) is 1. The summed E-state index contributed by atoms with van der Waals surface area (Å²) in [6.45, 7) is 5.23. The molecule has 0 aliphatic rings. The van der Waals surface area contributed by atoms with Crippen molar-refractivity contribution in [1.82, 2.24) is 4.98 Å². The number of hydrogen-bond donors (Lipinski definition) is 2. The Morgan fingerprint density at radius 3 is 2.65 bits per heavy atom. The molecule has 0 radical (unpaired) electrons. The van der Waals surface area contributed by atoms with Crippen LogP contribution in [0.2, 0.25) is 0 Å². The molecule has 1 aromatic heterocycles. The van der Waals surface area contributed by atoms with Crippen LogP contribution in [0, 0.1) is 0 Å². The number of rotatable bonds is 3. The first-order valence-corrected chi connectivity index (χ1v) is 5.38. The Morgan fingerprint density at radius 1 is 1.53 bits per heavy atom. The molecule has 1 heterocycles. The molecular weight excluding hydrogens is 220 g/mol. The summed E-state index contributed by atoms with van der Waals surface area (Å²) in [5, 5.41) is 9.89. The Balaban J connectivity index is 2.70. The first kappa shape index (κ1) is 13.6. The second-order valence-corrected chi connectivity index (χ2v) is 4.79. The molecule has 2 atom stereocenters. The highest BCUT2D eigenvalue weighted by atomic mass is 16.6. The Bertz CT molecular complexity index is 373. The number of esters is 1. The highest BCUT2D eigenvalue weighted by Crippen LogP contribution is 2.17. The molecule has 0 saturated heterocycles. The normalized spacial score (nSPS) is 15.1. The molecule has 17 heavy (non-hydrogen) atoms. The lowest BCUT2D eigenvalue weighted by Crippen LogP contribution is -2.41. The molecule has 0 aromatic carbocycles. The summed E-state index contributed by atoms with van der Waals surface area (Å²) in [5.41, 5.74) is 5.52. The lowest BCUT2D eigenvalue weighted by molar-refractivity contribution is -0.159. The van der Waals surface area contributed by atoms with E-state index < -0.39 is 23.7 Å². The van der Waals surface area contributed by atoms with E-state index in [1.54, 1.807) is 39.1 Å². The molecule has 5 nitrogen and oxygen atoms in total. The first-order chi connectivity index (χ1) is 7.81. The van der Waals surface area contributed by atoms with Crippen molar-refractivity contribution in [3.8, 4) is 0 Å². The number of aliphatic hydroxyl groups excluding tert-OH is 1. The topological polar surface area (TPSA) is 85.4 Å². The Hall–Kier alpha value is -1.46. The maximum atomic E-state index is 11.6. The van der Waals surface area contributed by atoms with Crippen molar-refractivity contribution in [3.63, 3.8) is 0 Å². The minimum absolute atomic E-state index is 0.492. The number of nitrogens with zero attached hydrogens (tertiary/aromatic N) is 1. The van der Waals surface area contributed by atoms with Crippen LogP contribution in [0.3, 0.4) is 0 Å². The van der Waals surface area contributed by atoms with Crippen molar-refractivity contribution in [2.24, 2.45) is 5.73 Å². The Morgan fingerprint density at radius 2 is 2.18 bits per heavy atom. The minimum Gasteiger partial charge on any atom is -0.459 e. The van der Waals surface area contributed by atoms with E-state index in [-0.39, 0.29) is 0 Å². The molecule has 0 unspecified atom stereocenters. The molecule has 1 aromatic rings. The second kappa shape index (κ2) is 5.25. The van der Waals surface area contributed by atoms with Gasteiger partial charge in [0.25, 0.3) is 0 Å². The summed E-state index contributed by atoms with van der Waals surface area (Å²) in [4.78, 5) is 15.5. The van der Waals surface area contributed by atoms with E-state index in [0.29, 0.717) is 5.56 Å². The van der Waals surface area contributed by atoms with Crippen molar-refractivity contribution >= 4 is 5.97 Å². The Kier molecular flexibility index (Phi) is 4.20. The van der Waals surface area contributed by atoms with Crippen molar-refractivity contribution in [2.45, 2.75) is 38.5 Å². The number of carbonyl (C=O) groups is 1. The summed E-state index contributed by atoms with van der Waals surface area (Å²) in [7, 11) is 0. The quantitative estimate of drug-likeness (QED) is 0.760. The molecule has 0 aliphatic heterocycles. The van der Waals surface area contributed by atoms with Crippen molar-refractivity contribution in [1.29, 1.82) is 0 Å². The van der Waals surface area contributed by atoms with Crippen LogP contribution in [-0.2, 0) is 9.53 Å². The van der Waals surface area contributed by atoms with E-state index in [0.717, 1.165) is 0 Å². The smallest absolute Gasteiger partial charge is 0.326 e. The largest absolute Gasteiger partial charge is 0.459 e. The SMILES string of the molecule is CC(C)(C)OC(=O)[C@H](N)[C@@H](O)c1cccnc1. The van der Waals surface area contributed by atoms with E-state index in [1.807, 2.05) is 0 Å². The van der Waals surface area contributed by atoms with E-state index >= 15 is 0 Å². The predicted octanol–water partition coefficient (Wildman–Crippen LogP) is 0.784. The third kappa shape index (κ3) is 4.13. The van der Waals surface area contributed by atoms with Crippen molar-refractivity contribution < 1.29 is 14.6 Å². The van der Waals surface area contributed by atoms with Crippen LogP contribution in [0.5, 0.6) is 0 Å². The molecule has 0 amide bonds. The fraction of sp³-hybridized carbons (Fsp3) is 0.500. The third-order valence-corrected chi connectivity index (χ3v) is 2.05. The number of hydrogen-bond acceptors (Lipinski definition) is 5. The van der Waals surface area contributed by atoms with E-state index in [9.17, 15) is 9.90 Å². The fourth-order valence-corrected chi connectivity index (χ4v) is 1.26. The van der Waals surface area contributed by atoms with Crippen LogP contribution in [-0.4, -0.2) is 27.7 Å². The summed E-state index contributed by atoms with van der Waals surface area (Å²) in [6, 6.07) is 2.21. The molecule has 0 saturated carbocycles. The molecule has 0 spiro atoms. The number of aliphatic hydroxyl groups is 1. The number of carbonyl (C=O) groups excluding carboxylic acids is 1. The van der Waals surface area contributed by atoms with Gasteiger partial charge < -0.3 is 15.6 Å². The third-order valence-electron chi connectivity index (χ3n) is 2.05. The summed E-state index contributed by atoms with van der Waals surface area (Å²) < 4.78 is 5.10. The summed E-state index contributed by atoms with van der Waals surface area (Å²) in [6.07, 6.45) is 1.93. The molecule has 94 valence electrons. The van der Waals surface area contributed by atoms with Crippen LogP contribution in [0.4, 0.5) is 0 Å². The number of pyridine rings is 1. The molecule has 0 fully saturated rings. The van der Waals surface area contributed by atoms with Crippen molar-refractivity contribution in [2.75, 3.05) is 0 Å². The van der Waals surface area contributed by atoms with Gasteiger partial charge in [-0.25, -0.2) is 0 Å². The van der Waals surface area contributed by atoms with Gasteiger partial charge in [0, 0.05) is 18.0 Å². The fourth-order valence-electron chi connectivity index (χ4n) is 1.26. The zero-order valence-electron chi connectivity index (χ0n) is 10.3. The zero-order chi connectivity index (χ0) is 13.1. The van der Waals surface area contributed by atoms with Crippen molar-refractivity contribution in [3.05, 3.63) is 30.1 Å². The van der Waals surface area contributed by atoms with Crippen LogP contribution in [0.15, 0.2) is 24.5 Å². The maximum absolute atomic E-state index is 11.6. The average molecular weight is 238 g/mol. The van der Waals surface area contributed by atoms with Crippen LogP contribution >= 0.6 is 0 Å². The van der Waals surface area contributed by atoms with Gasteiger partial charge in [-0.1, -0.05) is 6.07 Å². The molecule has 3 N–H and O–H groups in total. The van der Waals surface area contributed by atoms with Crippen LogP contribution < -0.4 is 5.73 Å². The van der Waals surface area contributed by atoms with E-state index in [1.165, 1.54) is 6.20 Å². The standard InChI is InChI=1S/C12H18N2O3/c1-12(2,3)17-11(16)9(13)10(15)8-5-4-6-14-7-8/h4-7,9-10,15H,13H2,1-3H3/t9-,10+/m1/s1. The average Bonchev–Trinajstić information content (AvgIpc) is 2.26. The number of nitrogens with two attached hydrogens (primary N) is 1. The molecule has 1 rings (SSSR count). The lowest BCUT2D eigenvalue weighted by Gasteiger charge is -2.24. The van der Waals surface area contributed by atoms with Gasteiger partial charge in [-0.2, -0.15) is 0 Å². The van der Waals surface area contributed by atoms with Gasteiger partial charge in [-0.3, -0.25) is 9.78 Å². The zero-order valence-corrected chi connectivity index (χ0v) is 10.3. The first-order valence-electron chi connectivity index (χ1n) is 5.38. The van der Waals surface area contributed by atoms with Gasteiger partial charge in [0.1, 0.15) is 17.7 Å². The maximum Gasteiger partial charge on any atom is 0.326 e. The van der Waals surface area contributed by atoms with Gasteiger partial charge in [0.2, 0.25) is 0 Å². The van der Waals surface area contributed by atoms with Gasteiger partial charge >= 0.3 is 5.97 Å². The Labute approximate surface area is 101 Å². The molecular formula is C12H18N2O3. The van der Waals surface area contributed by atoms with Crippen LogP contribution in [0.1, 0.15) is 32.4 Å². The second-order valence-electron chi connectivity index (χ2n) is 4.79. The molecule has 5 heteroatoms. The van der Waals surface area contributed by atoms with Gasteiger partial charge in [0.15, 0.2) is 0 Å². The molecule has 0 bridgehead atoms. The van der Waals surface area contributed by atoms with Gasteiger partial charge in [0.05, 0.1) is 0 Å². The summed E-state index contributed by atoms with van der Waals surface area (Å²) >= 11 is 0. The van der Waals surface area contributed by atoms with E-state index in [4.69, 9.17) is 10.5 Å². The minimum atomic E-state index is -1.11. The van der Waals surface area contributed by atoms with E-state index in [2.05, 4.69) is 4.98 Å². The highest BCUT2D eigenvalue weighted by Gasteiger charge is 2.28. The van der Waals surface area contributed by atoms with Gasteiger partial charge in [-0.05, 0) is 26.8 Å². The van der Waals surface area contributed by atoms with Gasteiger partial charge in [-0.15, -0.1) is 0 Å². The highest BCUT2D eigenvalue weighted by molar-refractivity contribution is 5.76. The monoisotopic (exact) mass is 238 g/mol. The van der Waals surface area contributed by atoms with Crippen LogP contribution in [0.25, 0.3) is 0 Å². The molecule has 0 aliphatic carbocycles. The lowest BCUT2D eigenvalue weighted by atomic mass is 10.0. The predicted molar refractivity (Wildman–Crippen MR) is 63.0 cm³/mol. The summed E-state index contributed by atoms with van der Waals surface area (Å²) in [5.74, 6) is -0.631. The number of aromatic nitrogens is 1.